The molecule has 0 saturated carbocycles. The fraction of sp³-hybridized carbons (Fsp3) is 0.278. The van der Waals surface area contributed by atoms with Crippen molar-refractivity contribution < 1.29 is 22.3 Å². The van der Waals surface area contributed by atoms with E-state index in [9.17, 15) is 17.6 Å². The number of hydrogen-bond acceptors (Lipinski definition) is 5. The maximum atomic E-state index is 12.9. The predicted molar refractivity (Wildman–Crippen MR) is 97.2 cm³/mol. The Morgan fingerprint density at radius 3 is 2.35 bits per heavy atom. The van der Waals surface area contributed by atoms with Gasteiger partial charge in [-0.2, -0.15) is 0 Å². The van der Waals surface area contributed by atoms with Crippen LogP contribution in [0.4, 0.5) is 10.1 Å². The molecule has 0 aliphatic carbocycles. The Balaban J connectivity index is 1.97. The molecule has 2 rings (SSSR count). The van der Waals surface area contributed by atoms with Crippen LogP contribution >= 0.6 is 0 Å². The van der Waals surface area contributed by atoms with Gasteiger partial charge in [0, 0.05) is 18.2 Å². The van der Waals surface area contributed by atoms with E-state index in [4.69, 9.17) is 10.5 Å². The Bertz CT molecular complexity index is 836. The summed E-state index contributed by atoms with van der Waals surface area (Å²) in [5.41, 5.74) is 5.88. The third kappa shape index (κ3) is 5.53. The summed E-state index contributed by atoms with van der Waals surface area (Å²) in [4.78, 5) is 12.2. The number of hydrogen-bond donors (Lipinski definition) is 2. The normalized spacial score (nSPS) is 12.4. The molecule has 8 heteroatoms. The summed E-state index contributed by atoms with van der Waals surface area (Å²) in [6.07, 6.45) is 0. The van der Waals surface area contributed by atoms with E-state index in [2.05, 4.69) is 5.32 Å². The predicted octanol–water partition coefficient (Wildman–Crippen LogP) is 2.21. The summed E-state index contributed by atoms with van der Waals surface area (Å²) in [5.74, 6) is -1.47. The number of anilines is 1. The molecule has 0 heterocycles. The standard InChI is InChI=1S/C18H21FN2O4S/c1-13(12-26(23,24)17-8-2-14(19)3-9-17)18(22)21-15-4-6-16(7-5-15)25-11-10-20/h2-9,13H,10-12,20H2,1H3,(H,21,22). The van der Waals surface area contributed by atoms with Gasteiger partial charge in [-0.3, -0.25) is 4.79 Å². The van der Waals surface area contributed by atoms with E-state index in [1.54, 1.807) is 24.3 Å². The van der Waals surface area contributed by atoms with Gasteiger partial charge in [0.1, 0.15) is 18.2 Å². The molecule has 1 amide bonds. The van der Waals surface area contributed by atoms with Crippen LogP contribution in [-0.2, 0) is 14.6 Å². The molecule has 0 aromatic heterocycles. The van der Waals surface area contributed by atoms with Gasteiger partial charge >= 0.3 is 0 Å². The van der Waals surface area contributed by atoms with Crippen molar-refractivity contribution in [1.29, 1.82) is 0 Å². The lowest BCUT2D eigenvalue weighted by molar-refractivity contribution is -0.118. The molecular formula is C18H21FN2O4S. The molecule has 2 aromatic carbocycles. The molecule has 140 valence electrons. The summed E-state index contributed by atoms with van der Waals surface area (Å²) in [5, 5.41) is 2.66. The molecule has 0 radical (unpaired) electrons. The number of halogens is 1. The summed E-state index contributed by atoms with van der Waals surface area (Å²) in [6, 6.07) is 11.2. The molecule has 0 fully saturated rings. The van der Waals surface area contributed by atoms with Gasteiger partial charge in [0.2, 0.25) is 5.91 Å². The van der Waals surface area contributed by atoms with Gasteiger partial charge in [-0.05, 0) is 48.5 Å². The molecule has 1 unspecified atom stereocenters. The van der Waals surface area contributed by atoms with E-state index < -0.39 is 27.5 Å². The molecule has 2 aromatic rings. The summed E-state index contributed by atoms with van der Waals surface area (Å²) in [7, 11) is -3.69. The number of carbonyl (C=O) groups excluding carboxylic acids is 1. The highest BCUT2D eigenvalue weighted by Gasteiger charge is 2.23. The maximum Gasteiger partial charge on any atom is 0.228 e. The van der Waals surface area contributed by atoms with Crippen molar-refractivity contribution in [1.82, 2.24) is 0 Å². The highest BCUT2D eigenvalue weighted by Crippen LogP contribution is 2.18. The van der Waals surface area contributed by atoms with E-state index in [0.717, 1.165) is 12.1 Å². The lowest BCUT2D eigenvalue weighted by atomic mass is 10.2. The van der Waals surface area contributed by atoms with E-state index in [1.807, 2.05) is 0 Å². The summed E-state index contributed by atoms with van der Waals surface area (Å²) in [6.45, 7) is 2.32. The minimum absolute atomic E-state index is 0.0139. The molecule has 0 aliphatic rings. The fourth-order valence-electron chi connectivity index (χ4n) is 2.22. The first-order valence-corrected chi connectivity index (χ1v) is 9.69. The average Bonchev–Trinajstić information content (AvgIpc) is 2.61. The maximum absolute atomic E-state index is 12.9. The summed E-state index contributed by atoms with van der Waals surface area (Å²) >= 11 is 0. The SMILES string of the molecule is CC(CS(=O)(=O)c1ccc(F)cc1)C(=O)Nc1ccc(OCCN)cc1. The van der Waals surface area contributed by atoms with Crippen molar-refractivity contribution in [3.63, 3.8) is 0 Å². The first-order chi connectivity index (χ1) is 12.3. The number of nitrogens with two attached hydrogens (primary N) is 1. The Morgan fingerprint density at radius 1 is 1.15 bits per heavy atom. The lowest BCUT2D eigenvalue weighted by Crippen LogP contribution is -2.27. The van der Waals surface area contributed by atoms with Crippen LogP contribution in [-0.4, -0.2) is 33.2 Å². The van der Waals surface area contributed by atoms with Crippen molar-refractivity contribution in [2.45, 2.75) is 11.8 Å². The van der Waals surface area contributed by atoms with Crippen molar-refractivity contribution in [2.24, 2.45) is 11.7 Å². The van der Waals surface area contributed by atoms with Gasteiger partial charge in [-0.1, -0.05) is 6.92 Å². The number of ether oxygens (including phenoxy) is 1. The largest absolute Gasteiger partial charge is 0.492 e. The van der Waals surface area contributed by atoms with Crippen LogP contribution in [0.2, 0.25) is 0 Å². The van der Waals surface area contributed by atoms with Crippen LogP contribution in [0.25, 0.3) is 0 Å². The van der Waals surface area contributed by atoms with Gasteiger partial charge in [-0.25, -0.2) is 12.8 Å². The average molecular weight is 380 g/mol. The Labute approximate surface area is 152 Å². The second kappa shape index (κ2) is 8.77. The first-order valence-electron chi connectivity index (χ1n) is 8.04. The van der Waals surface area contributed by atoms with Crippen molar-refractivity contribution >= 4 is 21.4 Å². The minimum Gasteiger partial charge on any atom is -0.492 e. The quantitative estimate of drug-likeness (QED) is 0.684. The monoisotopic (exact) mass is 380 g/mol. The van der Waals surface area contributed by atoms with Crippen LogP contribution in [0.1, 0.15) is 6.92 Å². The Kier molecular flexibility index (Phi) is 6.70. The van der Waals surface area contributed by atoms with Gasteiger partial charge in [0.25, 0.3) is 0 Å². The molecule has 26 heavy (non-hydrogen) atoms. The van der Waals surface area contributed by atoms with Gasteiger partial charge in [0.15, 0.2) is 9.84 Å². The van der Waals surface area contributed by atoms with E-state index >= 15 is 0 Å². The van der Waals surface area contributed by atoms with Gasteiger partial charge in [0.05, 0.1) is 10.6 Å². The van der Waals surface area contributed by atoms with Crippen LogP contribution < -0.4 is 15.8 Å². The van der Waals surface area contributed by atoms with Crippen LogP contribution in [0.15, 0.2) is 53.4 Å². The zero-order chi connectivity index (χ0) is 19.2. The molecular weight excluding hydrogens is 359 g/mol. The number of amides is 1. The van der Waals surface area contributed by atoms with Gasteiger partial charge < -0.3 is 15.8 Å². The highest BCUT2D eigenvalue weighted by molar-refractivity contribution is 7.91. The zero-order valence-electron chi connectivity index (χ0n) is 14.3. The second-order valence-electron chi connectivity index (χ2n) is 5.79. The molecule has 1 atom stereocenters. The Hall–Kier alpha value is -2.45. The number of rotatable bonds is 8. The molecule has 3 N–H and O–H groups in total. The van der Waals surface area contributed by atoms with Gasteiger partial charge in [-0.15, -0.1) is 0 Å². The first kappa shape index (κ1) is 19.9. The Morgan fingerprint density at radius 2 is 1.77 bits per heavy atom. The fourth-order valence-corrected chi connectivity index (χ4v) is 3.77. The number of sulfone groups is 1. The topological polar surface area (TPSA) is 98.5 Å². The van der Waals surface area contributed by atoms with Crippen molar-refractivity contribution in [3.05, 3.63) is 54.3 Å². The van der Waals surface area contributed by atoms with E-state index in [1.165, 1.54) is 19.1 Å². The van der Waals surface area contributed by atoms with Crippen molar-refractivity contribution in [3.8, 4) is 5.75 Å². The van der Waals surface area contributed by atoms with E-state index in [0.29, 0.717) is 24.6 Å². The van der Waals surface area contributed by atoms with Crippen molar-refractivity contribution in [2.75, 3.05) is 24.2 Å². The van der Waals surface area contributed by atoms with Crippen LogP contribution in [0.5, 0.6) is 5.75 Å². The number of benzene rings is 2. The smallest absolute Gasteiger partial charge is 0.228 e. The van der Waals surface area contributed by atoms with Crippen LogP contribution in [0, 0.1) is 11.7 Å². The molecule has 6 nitrogen and oxygen atoms in total. The zero-order valence-corrected chi connectivity index (χ0v) is 15.1. The third-order valence-corrected chi connectivity index (χ3v) is 5.53. The molecule has 0 bridgehead atoms. The molecule has 0 saturated heterocycles. The minimum atomic E-state index is -3.69. The van der Waals surface area contributed by atoms with Crippen LogP contribution in [0.3, 0.4) is 0 Å². The van der Waals surface area contributed by atoms with E-state index in [-0.39, 0.29) is 10.6 Å². The molecule has 0 spiro atoms. The lowest BCUT2D eigenvalue weighted by Gasteiger charge is -2.13. The second-order valence-corrected chi connectivity index (χ2v) is 7.82. The number of carbonyl (C=O) groups is 1. The summed E-state index contributed by atoms with van der Waals surface area (Å²) < 4.78 is 42.9. The molecule has 0 aliphatic heterocycles. The third-order valence-electron chi connectivity index (χ3n) is 3.60. The number of nitrogens with one attached hydrogen (secondary N) is 1. The highest BCUT2D eigenvalue weighted by atomic mass is 32.2.